The van der Waals surface area contributed by atoms with E-state index in [4.69, 9.17) is 14.2 Å². The molecule has 28 heavy (non-hydrogen) atoms. The zero-order valence-electron chi connectivity index (χ0n) is 16.0. The second-order valence-corrected chi connectivity index (χ2v) is 10.3. The van der Waals surface area contributed by atoms with E-state index in [2.05, 4.69) is 5.32 Å². The van der Waals surface area contributed by atoms with Crippen molar-refractivity contribution in [1.29, 1.82) is 0 Å². The van der Waals surface area contributed by atoms with E-state index in [9.17, 15) is 13.0 Å². The van der Waals surface area contributed by atoms with E-state index in [1.165, 1.54) is 12.1 Å². The molecule has 0 saturated carbocycles. The van der Waals surface area contributed by atoms with Gasteiger partial charge in [-0.2, -0.15) is 0 Å². The number of anilines is 1. The summed E-state index contributed by atoms with van der Waals surface area (Å²) < 4.78 is 47.5. The van der Waals surface area contributed by atoms with Crippen LogP contribution in [-0.4, -0.2) is 27.9 Å². The molecule has 1 atom stereocenters. The molecule has 2 rings (SSSR count). The number of hydrogen-bond acceptors (Lipinski definition) is 7. The lowest BCUT2D eigenvalue weighted by Crippen LogP contribution is -2.16. The molecular weight excluding hydrogens is 419 g/mol. The van der Waals surface area contributed by atoms with E-state index in [0.717, 1.165) is 10.5 Å². The highest BCUT2D eigenvalue weighted by Crippen LogP contribution is 2.60. The number of thioether (sulfide) groups is 1. The topological polar surface area (TPSA) is 108 Å². The monoisotopic (exact) mass is 444 g/mol. The summed E-state index contributed by atoms with van der Waals surface area (Å²) in [5.74, 6) is -0.761. The molecule has 7 nitrogen and oxygen atoms in total. The fourth-order valence-electron chi connectivity index (χ4n) is 2.58. The second-order valence-electron chi connectivity index (χ2n) is 5.76. The van der Waals surface area contributed by atoms with E-state index < -0.39 is 23.4 Å². The van der Waals surface area contributed by atoms with Gasteiger partial charge in [0.05, 0.1) is 18.1 Å². The molecule has 0 amide bonds. The molecule has 0 aliphatic rings. The predicted octanol–water partition coefficient (Wildman–Crippen LogP) is 4.43. The van der Waals surface area contributed by atoms with Crippen molar-refractivity contribution in [3.63, 3.8) is 0 Å². The number of rotatable bonds is 10. The second kappa shape index (κ2) is 9.91. The number of hydrogen-bond donors (Lipinski definition) is 2. The Morgan fingerprint density at radius 3 is 2.00 bits per heavy atom. The van der Waals surface area contributed by atoms with Crippen LogP contribution in [0.5, 0.6) is 0 Å². The van der Waals surface area contributed by atoms with Gasteiger partial charge in [0, 0.05) is 10.6 Å². The molecule has 3 N–H and O–H groups in total. The average molecular weight is 445 g/mol. The Labute approximate surface area is 170 Å². The first-order valence-electron chi connectivity index (χ1n) is 8.65. The van der Waals surface area contributed by atoms with Crippen molar-refractivity contribution < 1.29 is 22.0 Å². The van der Waals surface area contributed by atoms with Crippen LogP contribution < -0.4 is 10.5 Å². The first kappa shape index (κ1) is 22.9. The van der Waals surface area contributed by atoms with Crippen molar-refractivity contribution in [1.82, 2.24) is 0 Å². The van der Waals surface area contributed by atoms with Gasteiger partial charge in [0.2, 0.25) is 10.0 Å². The van der Waals surface area contributed by atoms with Crippen LogP contribution in [0.4, 0.5) is 5.69 Å². The fourth-order valence-corrected chi connectivity index (χ4v) is 5.44. The van der Waals surface area contributed by atoms with Crippen LogP contribution in [0.1, 0.15) is 25.2 Å². The van der Waals surface area contributed by atoms with Crippen LogP contribution >= 0.6 is 19.4 Å². The van der Waals surface area contributed by atoms with E-state index in [-0.39, 0.29) is 18.1 Å². The van der Waals surface area contributed by atoms with E-state index in [1.807, 2.05) is 30.5 Å². The Hall–Kier alpha value is -1.35. The quantitative estimate of drug-likeness (QED) is 0.412. The zero-order valence-corrected chi connectivity index (χ0v) is 18.5. The molecule has 154 valence electrons. The maximum atomic E-state index is 13.5. The number of nitrogens with two attached hydrogens (primary N) is 1. The van der Waals surface area contributed by atoms with Gasteiger partial charge >= 0.3 is 7.60 Å². The highest BCUT2D eigenvalue weighted by atomic mass is 32.2. The maximum Gasteiger partial charge on any atom is 0.357 e. The molecule has 2 aromatic carbocycles. The zero-order chi connectivity index (χ0) is 20.8. The third-order valence-electron chi connectivity index (χ3n) is 3.85. The third kappa shape index (κ3) is 5.83. The van der Waals surface area contributed by atoms with Crippen molar-refractivity contribution in [3.05, 3.63) is 54.1 Å². The summed E-state index contributed by atoms with van der Waals surface area (Å²) in [6.07, 6.45) is 1.98. The van der Waals surface area contributed by atoms with Gasteiger partial charge in [-0.25, -0.2) is 13.6 Å². The number of nitrogens with one attached hydrogen (secondary N) is 1. The SMILES string of the molecule is CCOP(=O)(OCC)C(Nc1ccc(S(N)(=O)=O)cc1)c1ccc(SC)cc1. The van der Waals surface area contributed by atoms with E-state index in [0.29, 0.717) is 5.69 Å². The molecule has 0 saturated heterocycles. The highest BCUT2D eigenvalue weighted by Gasteiger charge is 2.37. The summed E-state index contributed by atoms with van der Waals surface area (Å²) >= 11 is 1.60. The van der Waals surface area contributed by atoms with Crippen molar-refractivity contribution >= 4 is 35.1 Å². The van der Waals surface area contributed by atoms with Gasteiger partial charge in [0.15, 0.2) is 5.78 Å². The van der Waals surface area contributed by atoms with Gasteiger partial charge in [-0.15, -0.1) is 11.8 Å². The minimum absolute atomic E-state index is 0.00303. The molecule has 0 fully saturated rings. The Bertz CT molecular complexity index is 908. The third-order valence-corrected chi connectivity index (χ3v) is 7.82. The average Bonchev–Trinajstić information content (AvgIpc) is 2.66. The summed E-state index contributed by atoms with van der Waals surface area (Å²) in [5, 5.41) is 8.31. The Morgan fingerprint density at radius 1 is 1.04 bits per heavy atom. The van der Waals surface area contributed by atoms with Crippen molar-refractivity contribution in [2.45, 2.75) is 29.4 Å². The first-order chi connectivity index (χ1) is 13.2. The van der Waals surface area contributed by atoms with Crippen LogP contribution in [0.3, 0.4) is 0 Å². The van der Waals surface area contributed by atoms with Gasteiger partial charge in [-0.3, -0.25) is 4.57 Å². The summed E-state index contributed by atoms with van der Waals surface area (Å²) in [6, 6.07) is 13.5. The van der Waals surface area contributed by atoms with Gasteiger partial charge in [-0.05, 0) is 62.1 Å². The molecule has 0 spiro atoms. The molecule has 0 aliphatic heterocycles. The van der Waals surface area contributed by atoms with Crippen molar-refractivity contribution in [3.8, 4) is 0 Å². The summed E-state index contributed by atoms with van der Waals surface area (Å²) in [6.45, 7) is 3.95. The van der Waals surface area contributed by atoms with Crippen LogP contribution in [0, 0.1) is 0 Å². The molecule has 0 radical (unpaired) electrons. The van der Waals surface area contributed by atoms with E-state index >= 15 is 0 Å². The highest BCUT2D eigenvalue weighted by molar-refractivity contribution is 7.98. The summed E-state index contributed by atoms with van der Waals surface area (Å²) in [4.78, 5) is 1.07. The largest absolute Gasteiger partial charge is 0.368 e. The Kier molecular flexibility index (Phi) is 8.12. The Morgan fingerprint density at radius 2 is 1.57 bits per heavy atom. The van der Waals surface area contributed by atoms with Gasteiger partial charge < -0.3 is 14.4 Å². The van der Waals surface area contributed by atoms with Gasteiger partial charge in [0.25, 0.3) is 0 Å². The van der Waals surface area contributed by atoms with Crippen molar-refractivity contribution in [2.75, 3.05) is 24.8 Å². The first-order valence-corrected chi connectivity index (χ1v) is 13.0. The molecule has 0 bridgehead atoms. The Balaban J connectivity index is 2.43. The number of benzene rings is 2. The van der Waals surface area contributed by atoms with Gasteiger partial charge in [-0.1, -0.05) is 12.1 Å². The molecule has 10 heteroatoms. The molecule has 0 heterocycles. The molecule has 0 aliphatic carbocycles. The molecular formula is C18H25N2O5PS2. The van der Waals surface area contributed by atoms with Gasteiger partial charge in [0.1, 0.15) is 0 Å². The molecule has 2 aromatic rings. The molecule has 0 aromatic heterocycles. The van der Waals surface area contributed by atoms with Crippen LogP contribution in [0.25, 0.3) is 0 Å². The maximum absolute atomic E-state index is 13.5. The minimum atomic E-state index is -3.79. The number of primary sulfonamides is 1. The van der Waals surface area contributed by atoms with Crippen molar-refractivity contribution in [2.24, 2.45) is 5.14 Å². The van der Waals surface area contributed by atoms with Crippen LogP contribution in [0.15, 0.2) is 58.3 Å². The fraction of sp³-hybridized carbons (Fsp3) is 0.333. The molecule has 1 unspecified atom stereocenters. The lowest BCUT2D eigenvalue weighted by molar-refractivity contribution is 0.214. The smallest absolute Gasteiger partial charge is 0.357 e. The normalized spacial score (nSPS) is 13.3. The van der Waals surface area contributed by atoms with E-state index in [1.54, 1.807) is 37.7 Å². The summed E-state index contributed by atoms with van der Waals surface area (Å²) in [5.41, 5.74) is 1.30. The minimum Gasteiger partial charge on any atom is -0.368 e. The van der Waals surface area contributed by atoms with Crippen LogP contribution in [0.2, 0.25) is 0 Å². The summed E-state index contributed by atoms with van der Waals surface area (Å²) in [7, 11) is -7.33. The van der Waals surface area contributed by atoms with Crippen LogP contribution in [-0.2, 0) is 23.6 Å². The standard InChI is InChI=1S/C18H25N2O5PS2/c1-4-24-26(21,25-5-2)18(14-6-10-16(27-3)11-7-14)20-15-8-12-17(13-9-15)28(19,22)23/h6-13,18,20H,4-5H2,1-3H3,(H2,19,22,23). The lowest BCUT2D eigenvalue weighted by Gasteiger charge is -2.28. The predicted molar refractivity (Wildman–Crippen MR) is 113 cm³/mol. The number of sulfonamides is 1. The lowest BCUT2D eigenvalue weighted by atomic mass is 10.2.